The number of carboxylic acids is 1. The molecule has 0 aromatic rings. The molecule has 0 radical (unpaired) electrons. The van der Waals surface area contributed by atoms with Crippen LogP contribution in [0.3, 0.4) is 0 Å². The van der Waals surface area contributed by atoms with E-state index < -0.39 is 11.4 Å². The molecule has 1 unspecified atom stereocenters. The van der Waals surface area contributed by atoms with Crippen molar-refractivity contribution >= 4 is 5.97 Å². The van der Waals surface area contributed by atoms with Gasteiger partial charge < -0.3 is 10.0 Å². The number of rotatable bonds is 5. The van der Waals surface area contributed by atoms with Crippen LogP contribution < -0.4 is 0 Å². The first-order valence-electron chi connectivity index (χ1n) is 8.12. The number of nitrogens with zero attached hydrogens (tertiary/aromatic N) is 1. The molecule has 110 valence electrons. The van der Waals surface area contributed by atoms with Crippen molar-refractivity contribution in [3.8, 4) is 0 Å². The third-order valence-corrected chi connectivity index (χ3v) is 5.08. The summed E-state index contributed by atoms with van der Waals surface area (Å²) in [5.41, 5.74) is -0.457. The Hall–Kier alpha value is -0.570. The molecule has 0 bridgehead atoms. The van der Waals surface area contributed by atoms with Crippen molar-refractivity contribution in [3.05, 3.63) is 0 Å². The number of hydrogen-bond donors (Lipinski definition) is 1. The molecule has 1 heterocycles. The number of aliphatic carboxylic acids is 1. The van der Waals surface area contributed by atoms with Crippen LogP contribution >= 0.6 is 0 Å². The van der Waals surface area contributed by atoms with Crippen LogP contribution in [0.5, 0.6) is 0 Å². The molecule has 0 aromatic carbocycles. The second-order valence-electron chi connectivity index (χ2n) is 6.68. The van der Waals surface area contributed by atoms with E-state index in [9.17, 15) is 9.90 Å². The Morgan fingerprint density at radius 2 is 2.00 bits per heavy atom. The molecule has 2 aliphatic rings. The molecule has 0 aromatic heterocycles. The minimum Gasteiger partial charge on any atom is -0.481 e. The van der Waals surface area contributed by atoms with Crippen molar-refractivity contribution in [2.45, 2.75) is 64.7 Å². The first kappa shape index (κ1) is 14.8. The van der Waals surface area contributed by atoms with E-state index in [0.29, 0.717) is 0 Å². The van der Waals surface area contributed by atoms with Crippen LogP contribution in [0.25, 0.3) is 0 Å². The lowest BCUT2D eigenvalue weighted by Gasteiger charge is -2.41. The zero-order chi connectivity index (χ0) is 13.7. The quantitative estimate of drug-likeness (QED) is 0.828. The predicted molar refractivity (Wildman–Crippen MR) is 77.2 cm³/mol. The fourth-order valence-corrected chi connectivity index (χ4v) is 4.08. The van der Waals surface area contributed by atoms with Crippen LogP contribution in [0.1, 0.15) is 64.7 Å². The van der Waals surface area contributed by atoms with E-state index in [2.05, 4.69) is 11.8 Å². The molecular formula is C16H29NO2. The van der Waals surface area contributed by atoms with Gasteiger partial charge in [-0.05, 0) is 44.6 Å². The number of piperidine rings is 1. The maximum atomic E-state index is 11.7. The standard InChI is InChI=1S/C16H29NO2/c1-2-9-16(15(18)19)10-6-11-17(13-16)12-14-7-4-3-5-8-14/h14H,2-13H2,1H3,(H,18,19). The molecule has 1 saturated carbocycles. The molecule has 3 nitrogen and oxygen atoms in total. The zero-order valence-electron chi connectivity index (χ0n) is 12.4. The smallest absolute Gasteiger partial charge is 0.310 e. The second-order valence-corrected chi connectivity index (χ2v) is 6.68. The first-order valence-corrected chi connectivity index (χ1v) is 8.12. The number of carbonyl (C=O) groups is 1. The van der Waals surface area contributed by atoms with Crippen molar-refractivity contribution < 1.29 is 9.90 Å². The molecule has 1 N–H and O–H groups in total. The molecule has 2 rings (SSSR count). The van der Waals surface area contributed by atoms with E-state index in [-0.39, 0.29) is 0 Å². The van der Waals surface area contributed by atoms with E-state index >= 15 is 0 Å². The summed E-state index contributed by atoms with van der Waals surface area (Å²) in [5, 5.41) is 9.62. The molecule has 19 heavy (non-hydrogen) atoms. The minimum absolute atomic E-state index is 0.457. The molecule has 1 aliphatic heterocycles. The largest absolute Gasteiger partial charge is 0.481 e. The van der Waals surface area contributed by atoms with Gasteiger partial charge in [0, 0.05) is 13.1 Å². The van der Waals surface area contributed by atoms with Crippen molar-refractivity contribution in [2.24, 2.45) is 11.3 Å². The third kappa shape index (κ3) is 3.71. The zero-order valence-corrected chi connectivity index (χ0v) is 12.4. The SMILES string of the molecule is CCCC1(C(=O)O)CCCN(CC2CCCCC2)C1. The molecule has 2 fully saturated rings. The monoisotopic (exact) mass is 267 g/mol. The number of carboxylic acid groups (broad SMARTS) is 1. The molecule has 0 amide bonds. The fraction of sp³-hybridized carbons (Fsp3) is 0.938. The summed E-state index contributed by atoms with van der Waals surface area (Å²) < 4.78 is 0. The summed E-state index contributed by atoms with van der Waals surface area (Å²) in [4.78, 5) is 14.1. The highest BCUT2D eigenvalue weighted by Gasteiger charge is 2.41. The van der Waals surface area contributed by atoms with E-state index in [0.717, 1.165) is 51.2 Å². The van der Waals surface area contributed by atoms with Gasteiger partial charge in [0.25, 0.3) is 0 Å². The van der Waals surface area contributed by atoms with E-state index in [1.807, 2.05) is 0 Å². The van der Waals surface area contributed by atoms with Crippen LogP contribution in [0.15, 0.2) is 0 Å². The Bertz CT molecular complexity index is 295. The molecular weight excluding hydrogens is 238 g/mol. The van der Waals surface area contributed by atoms with Gasteiger partial charge in [0.1, 0.15) is 0 Å². The Morgan fingerprint density at radius 1 is 1.26 bits per heavy atom. The van der Waals surface area contributed by atoms with Crippen LogP contribution in [-0.4, -0.2) is 35.6 Å². The van der Waals surface area contributed by atoms with Crippen molar-refractivity contribution in [3.63, 3.8) is 0 Å². The van der Waals surface area contributed by atoms with Gasteiger partial charge in [-0.25, -0.2) is 0 Å². The van der Waals surface area contributed by atoms with Crippen LogP contribution in [0.4, 0.5) is 0 Å². The Kier molecular flexibility index (Phi) is 5.26. The molecule has 1 saturated heterocycles. The van der Waals surface area contributed by atoms with Gasteiger partial charge >= 0.3 is 5.97 Å². The average Bonchev–Trinajstić information content (AvgIpc) is 2.40. The maximum Gasteiger partial charge on any atom is 0.310 e. The fourth-order valence-electron chi connectivity index (χ4n) is 4.08. The Morgan fingerprint density at radius 3 is 2.63 bits per heavy atom. The summed E-state index contributed by atoms with van der Waals surface area (Å²) in [6.07, 6.45) is 10.6. The van der Waals surface area contributed by atoms with Gasteiger partial charge in [-0.2, -0.15) is 0 Å². The number of hydrogen-bond acceptors (Lipinski definition) is 2. The van der Waals surface area contributed by atoms with Crippen LogP contribution in [0.2, 0.25) is 0 Å². The van der Waals surface area contributed by atoms with Gasteiger partial charge in [0.15, 0.2) is 0 Å². The van der Waals surface area contributed by atoms with Gasteiger partial charge in [0.2, 0.25) is 0 Å². The van der Waals surface area contributed by atoms with Crippen LogP contribution in [-0.2, 0) is 4.79 Å². The second kappa shape index (κ2) is 6.74. The normalized spacial score (nSPS) is 30.4. The average molecular weight is 267 g/mol. The number of likely N-dealkylation sites (tertiary alicyclic amines) is 1. The lowest BCUT2D eigenvalue weighted by molar-refractivity contribution is -0.153. The van der Waals surface area contributed by atoms with E-state index in [1.54, 1.807) is 0 Å². The highest BCUT2D eigenvalue weighted by molar-refractivity contribution is 5.75. The molecule has 3 heteroatoms. The summed E-state index contributed by atoms with van der Waals surface area (Å²) in [6, 6.07) is 0. The summed E-state index contributed by atoms with van der Waals surface area (Å²) in [7, 11) is 0. The van der Waals surface area contributed by atoms with Gasteiger partial charge in [-0.3, -0.25) is 4.79 Å². The highest BCUT2D eigenvalue weighted by atomic mass is 16.4. The topological polar surface area (TPSA) is 40.5 Å². The van der Waals surface area contributed by atoms with E-state index in [4.69, 9.17) is 0 Å². The Labute approximate surface area is 117 Å². The third-order valence-electron chi connectivity index (χ3n) is 5.08. The lowest BCUT2D eigenvalue weighted by Crippen LogP contribution is -2.49. The minimum atomic E-state index is -0.567. The molecule has 1 aliphatic carbocycles. The van der Waals surface area contributed by atoms with Crippen molar-refractivity contribution in [2.75, 3.05) is 19.6 Å². The van der Waals surface area contributed by atoms with Crippen molar-refractivity contribution in [1.29, 1.82) is 0 Å². The first-order chi connectivity index (χ1) is 9.16. The summed E-state index contributed by atoms with van der Waals surface area (Å²) in [6.45, 7) is 5.13. The lowest BCUT2D eigenvalue weighted by atomic mass is 9.76. The molecule has 1 atom stereocenters. The van der Waals surface area contributed by atoms with Gasteiger partial charge in [-0.15, -0.1) is 0 Å². The maximum absolute atomic E-state index is 11.7. The highest BCUT2D eigenvalue weighted by Crippen LogP contribution is 2.36. The predicted octanol–water partition coefficient (Wildman–Crippen LogP) is 3.53. The van der Waals surface area contributed by atoms with E-state index in [1.165, 1.54) is 32.1 Å². The van der Waals surface area contributed by atoms with Crippen molar-refractivity contribution in [1.82, 2.24) is 4.90 Å². The summed E-state index contributed by atoms with van der Waals surface area (Å²) >= 11 is 0. The van der Waals surface area contributed by atoms with Crippen LogP contribution in [0, 0.1) is 11.3 Å². The molecule has 0 spiro atoms. The summed E-state index contributed by atoms with van der Waals surface area (Å²) in [5.74, 6) is 0.252. The van der Waals surface area contributed by atoms with Gasteiger partial charge in [-0.1, -0.05) is 32.6 Å². The Balaban J connectivity index is 1.92. The van der Waals surface area contributed by atoms with Gasteiger partial charge in [0.05, 0.1) is 5.41 Å².